The zero-order valence-corrected chi connectivity index (χ0v) is 10.9. The molecule has 1 saturated carbocycles. The van der Waals surface area contributed by atoms with Crippen LogP contribution in [0.15, 0.2) is 6.20 Å². The highest BCUT2D eigenvalue weighted by Gasteiger charge is 2.24. The zero-order chi connectivity index (χ0) is 13.0. The van der Waals surface area contributed by atoms with Gasteiger partial charge in [-0.05, 0) is 25.7 Å². The summed E-state index contributed by atoms with van der Waals surface area (Å²) in [6.45, 7) is 4.66. The van der Waals surface area contributed by atoms with Gasteiger partial charge >= 0.3 is 0 Å². The molecule has 0 radical (unpaired) electrons. The molecule has 1 fully saturated rings. The normalized spacial score (nSPS) is 15.4. The molecule has 1 amide bonds. The second-order valence-corrected chi connectivity index (χ2v) is 4.80. The van der Waals surface area contributed by atoms with Crippen molar-refractivity contribution < 1.29 is 4.79 Å². The molecule has 1 aliphatic rings. The van der Waals surface area contributed by atoms with Crippen LogP contribution < -0.4 is 5.73 Å². The van der Waals surface area contributed by atoms with Crippen molar-refractivity contribution in [3.8, 4) is 0 Å². The summed E-state index contributed by atoms with van der Waals surface area (Å²) in [5, 5.41) is 7.82. The first-order valence-corrected chi connectivity index (χ1v) is 6.64. The van der Waals surface area contributed by atoms with E-state index in [1.54, 1.807) is 10.9 Å². The summed E-state index contributed by atoms with van der Waals surface area (Å²) in [5.41, 5.74) is 5.86. The molecule has 1 aromatic heterocycles. The molecule has 0 unspecified atom stereocenters. The third-order valence-corrected chi connectivity index (χ3v) is 3.49. The fourth-order valence-electron chi connectivity index (χ4n) is 2.14. The van der Waals surface area contributed by atoms with Crippen molar-refractivity contribution in [3.05, 3.63) is 11.9 Å². The Morgan fingerprint density at radius 3 is 2.94 bits per heavy atom. The van der Waals surface area contributed by atoms with Crippen LogP contribution in [-0.2, 0) is 6.54 Å². The fraction of sp³-hybridized carbons (Fsp3) is 0.750. The average Bonchev–Trinajstić information content (AvgIpc) is 2.76. The Labute approximate surface area is 107 Å². The lowest BCUT2D eigenvalue weighted by Crippen LogP contribution is -2.37. The van der Waals surface area contributed by atoms with Crippen LogP contribution in [0.2, 0.25) is 0 Å². The summed E-state index contributed by atoms with van der Waals surface area (Å²) < 4.78 is 1.62. The van der Waals surface area contributed by atoms with E-state index >= 15 is 0 Å². The van der Waals surface area contributed by atoms with Crippen LogP contribution >= 0.6 is 0 Å². The standard InChI is InChI=1S/C12H21N5O/c1-2-16(8-10-4-3-5-10)12(18)11-9-17(7-6-13)15-14-11/h9-10H,2-8,13H2,1H3. The van der Waals surface area contributed by atoms with Gasteiger partial charge in [-0.1, -0.05) is 11.6 Å². The van der Waals surface area contributed by atoms with Gasteiger partial charge in [-0.3, -0.25) is 9.48 Å². The Bertz CT molecular complexity index is 399. The van der Waals surface area contributed by atoms with E-state index in [4.69, 9.17) is 5.73 Å². The summed E-state index contributed by atoms with van der Waals surface area (Å²) in [5.74, 6) is 0.653. The van der Waals surface area contributed by atoms with Gasteiger partial charge in [0.05, 0.1) is 12.7 Å². The first kappa shape index (κ1) is 13.0. The van der Waals surface area contributed by atoms with E-state index in [2.05, 4.69) is 10.3 Å². The van der Waals surface area contributed by atoms with E-state index in [1.807, 2.05) is 11.8 Å². The van der Waals surface area contributed by atoms with Crippen LogP contribution in [0.3, 0.4) is 0 Å². The minimum atomic E-state index is -0.0207. The summed E-state index contributed by atoms with van der Waals surface area (Å²) in [4.78, 5) is 14.1. The van der Waals surface area contributed by atoms with Crippen molar-refractivity contribution in [2.75, 3.05) is 19.6 Å². The topological polar surface area (TPSA) is 77.0 Å². The smallest absolute Gasteiger partial charge is 0.276 e. The van der Waals surface area contributed by atoms with Gasteiger partial charge in [-0.2, -0.15) is 0 Å². The van der Waals surface area contributed by atoms with Crippen molar-refractivity contribution >= 4 is 5.91 Å². The Kier molecular flexibility index (Phi) is 4.30. The lowest BCUT2D eigenvalue weighted by molar-refractivity contribution is 0.0700. The molecule has 1 aliphatic carbocycles. The molecule has 18 heavy (non-hydrogen) atoms. The molecule has 0 atom stereocenters. The molecular weight excluding hydrogens is 230 g/mol. The van der Waals surface area contributed by atoms with Crippen LogP contribution in [0.1, 0.15) is 36.7 Å². The molecule has 0 saturated heterocycles. The quantitative estimate of drug-likeness (QED) is 0.798. The molecule has 0 bridgehead atoms. The van der Waals surface area contributed by atoms with E-state index in [0.717, 1.165) is 13.1 Å². The highest BCUT2D eigenvalue weighted by atomic mass is 16.2. The molecule has 1 heterocycles. The molecule has 0 spiro atoms. The highest BCUT2D eigenvalue weighted by molar-refractivity contribution is 5.91. The predicted octanol–water partition coefficient (Wildman–Crippen LogP) is 0.499. The van der Waals surface area contributed by atoms with Crippen LogP contribution in [0.25, 0.3) is 0 Å². The Hall–Kier alpha value is -1.43. The number of carbonyl (C=O) groups is 1. The maximum Gasteiger partial charge on any atom is 0.276 e. The molecule has 0 aromatic carbocycles. The summed E-state index contributed by atoms with van der Waals surface area (Å²) in [6.07, 6.45) is 5.45. The van der Waals surface area contributed by atoms with Crippen LogP contribution in [0.4, 0.5) is 0 Å². The molecule has 6 heteroatoms. The average molecular weight is 251 g/mol. The fourth-order valence-corrected chi connectivity index (χ4v) is 2.14. The van der Waals surface area contributed by atoms with Crippen molar-refractivity contribution in [2.45, 2.75) is 32.7 Å². The van der Waals surface area contributed by atoms with E-state index in [9.17, 15) is 4.79 Å². The number of carbonyl (C=O) groups excluding carboxylic acids is 1. The Morgan fingerprint density at radius 1 is 1.61 bits per heavy atom. The largest absolute Gasteiger partial charge is 0.337 e. The van der Waals surface area contributed by atoms with Crippen molar-refractivity contribution in [2.24, 2.45) is 11.7 Å². The van der Waals surface area contributed by atoms with Crippen LogP contribution in [-0.4, -0.2) is 45.4 Å². The van der Waals surface area contributed by atoms with E-state index in [0.29, 0.717) is 24.7 Å². The van der Waals surface area contributed by atoms with Gasteiger partial charge in [0.15, 0.2) is 5.69 Å². The second kappa shape index (κ2) is 5.95. The summed E-state index contributed by atoms with van der Waals surface area (Å²) in [6, 6.07) is 0. The zero-order valence-electron chi connectivity index (χ0n) is 10.9. The molecular formula is C12H21N5O. The molecule has 6 nitrogen and oxygen atoms in total. The number of hydrogen-bond acceptors (Lipinski definition) is 4. The van der Waals surface area contributed by atoms with Crippen molar-refractivity contribution in [3.63, 3.8) is 0 Å². The summed E-state index contributed by atoms with van der Waals surface area (Å²) >= 11 is 0. The first-order chi connectivity index (χ1) is 8.74. The number of aromatic nitrogens is 3. The number of hydrogen-bond donors (Lipinski definition) is 1. The number of amides is 1. The SMILES string of the molecule is CCN(CC1CCC1)C(=O)c1cn(CCN)nn1. The molecule has 2 rings (SSSR count). The van der Waals surface area contributed by atoms with Gasteiger partial charge in [0, 0.05) is 19.6 Å². The van der Waals surface area contributed by atoms with Crippen LogP contribution in [0.5, 0.6) is 0 Å². The molecule has 1 aromatic rings. The minimum Gasteiger partial charge on any atom is -0.337 e. The van der Waals surface area contributed by atoms with Gasteiger partial charge in [-0.25, -0.2) is 0 Å². The second-order valence-electron chi connectivity index (χ2n) is 4.80. The van der Waals surface area contributed by atoms with Gasteiger partial charge in [0.2, 0.25) is 0 Å². The predicted molar refractivity (Wildman–Crippen MR) is 68.0 cm³/mol. The maximum atomic E-state index is 12.2. The lowest BCUT2D eigenvalue weighted by atomic mass is 9.85. The molecule has 2 N–H and O–H groups in total. The third kappa shape index (κ3) is 2.87. The lowest BCUT2D eigenvalue weighted by Gasteiger charge is -2.31. The Balaban J connectivity index is 1.97. The van der Waals surface area contributed by atoms with E-state index in [-0.39, 0.29) is 5.91 Å². The van der Waals surface area contributed by atoms with Gasteiger partial charge in [0.1, 0.15) is 0 Å². The highest BCUT2D eigenvalue weighted by Crippen LogP contribution is 2.27. The maximum absolute atomic E-state index is 12.2. The minimum absolute atomic E-state index is 0.0207. The third-order valence-electron chi connectivity index (χ3n) is 3.49. The van der Waals surface area contributed by atoms with Gasteiger partial charge in [-0.15, -0.1) is 5.10 Å². The number of nitrogens with two attached hydrogens (primary N) is 1. The van der Waals surface area contributed by atoms with Crippen LogP contribution in [0, 0.1) is 5.92 Å². The summed E-state index contributed by atoms with van der Waals surface area (Å²) in [7, 11) is 0. The van der Waals surface area contributed by atoms with Gasteiger partial charge < -0.3 is 10.6 Å². The Morgan fingerprint density at radius 2 is 2.39 bits per heavy atom. The first-order valence-electron chi connectivity index (χ1n) is 6.64. The number of nitrogens with zero attached hydrogens (tertiary/aromatic N) is 4. The molecule has 100 valence electrons. The van der Waals surface area contributed by atoms with Crippen molar-refractivity contribution in [1.82, 2.24) is 19.9 Å². The van der Waals surface area contributed by atoms with E-state index in [1.165, 1.54) is 19.3 Å². The monoisotopic (exact) mass is 251 g/mol. The number of rotatable bonds is 6. The van der Waals surface area contributed by atoms with Gasteiger partial charge in [0.25, 0.3) is 5.91 Å². The van der Waals surface area contributed by atoms with Crippen molar-refractivity contribution in [1.29, 1.82) is 0 Å². The van der Waals surface area contributed by atoms with E-state index < -0.39 is 0 Å². The molecule has 0 aliphatic heterocycles.